The van der Waals surface area contributed by atoms with Crippen molar-refractivity contribution in [3.63, 3.8) is 0 Å². The smallest absolute Gasteiger partial charge is 0.128 e. The van der Waals surface area contributed by atoms with Crippen molar-refractivity contribution in [1.82, 2.24) is 9.88 Å². The quantitative estimate of drug-likeness (QED) is 0.689. The molecule has 0 aliphatic heterocycles. The molecule has 6 heteroatoms. The van der Waals surface area contributed by atoms with Crippen molar-refractivity contribution in [1.29, 1.82) is 0 Å². The lowest BCUT2D eigenvalue weighted by atomic mass is 10.1. The number of alkyl halides is 1. The molecule has 0 aliphatic rings. The van der Waals surface area contributed by atoms with E-state index in [-0.39, 0.29) is 5.82 Å². The van der Waals surface area contributed by atoms with E-state index in [1.54, 1.807) is 17.8 Å². The average Bonchev–Trinajstić information content (AvgIpc) is 2.96. The van der Waals surface area contributed by atoms with Crippen LogP contribution in [0.15, 0.2) is 23.6 Å². The third-order valence-corrected chi connectivity index (χ3v) is 4.91. The Balaban J connectivity index is 2.10. The van der Waals surface area contributed by atoms with Crippen LogP contribution in [0.5, 0.6) is 0 Å². The van der Waals surface area contributed by atoms with Gasteiger partial charge in [-0.05, 0) is 19.4 Å². The highest BCUT2D eigenvalue weighted by Crippen LogP contribution is 2.26. The molecule has 2 rings (SSSR count). The van der Waals surface area contributed by atoms with Crippen molar-refractivity contribution in [2.45, 2.75) is 12.4 Å². The summed E-state index contributed by atoms with van der Waals surface area (Å²) in [5.41, 5.74) is 2.36. The monoisotopic (exact) mass is 344 g/mol. The van der Waals surface area contributed by atoms with E-state index >= 15 is 0 Å². The zero-order valence-electron chi connectivity index (χ0n) is 12.1. The average molecular weight is 345 g/mol. The lowest BCUT2D eigenvalue weighted by Crippen LogP contribution is -2.21. The van der Waals surface area contributed by atoms with Crippen LogP contribution < -0.4 is 0 Å². The van der Waals surface area contributed by atoms with Gasteiger partial charge >= 0.3 is 0 Å². The van der Waals surface area contributed by atoms with E-state index in [1.807, 2.05) is 24.6 Å². The van der Waals surface area contributed by atoms with Gasteiger partial charge in [-0.15, -0.1) is 22.9 Å². The van der Waals surface area contributed by atoms with E-state index in [0.717, 1.165) is 34.1 Å². The van der Waals surface area contributed by atoms with Gasteiger partial charge in [0.2, 0.25) is 0 Å². The molecule has 0 saturated heterocycles. The fraction of sp³-hybridized carbons (Fsp3) is 0.400. The lowest BCUT2D eigenvalue weighted by Gasteiger charge is -2.16. The Hall–Kier alpha value is -0.620. The van der Waals surface area contributed by atoms with E-state index in [0.29, 0.717) is 12.4 Å². The van der Waals surface area contributed by atoms with Gasteiger partial charge in [0.1, 0.15) is 10.8 Å². The number of hydrogen-bond acceptors (Lipinski definition) is 4. The first-order valence-electron chi connectivity index (χ1n) is 6.60. The van der Waals surface area contributed by atoms with Gasteiger partial charge in [-0.25, -0.2) is 9.37 Å². The van der Waals surface area contributed by atoms with Gasteiger partial charge in [0.15, 0.2) is 0 Å². The molecule has 0 radical (unpaired) electrons. The number of rotatable bonds is 7. The molecule has 1 aromatic heterocycles. The van der Waals surface area contributed by atoms with Crippen molar-refractivity contribution in [3.05, 3.63) is 40.7 Å². The molecule has 0 N–H and O–H groups in total. The van der Waals surface area contributed by atoms with Crippen LogP contribution in [-0.4, -0.2) is 35.5 Å². The predicted molar refractivity (Wildman–Crippen MR) is 91.8 cm³/mol. The maximum atomic E-state index is 14.2. The van der Waals surface area contributed by atoms with Crippen LogP contribution in [-0.2, 0) is 12.4 Å². The highest BCUT2D eigenvalue weighted by Gasteiger charge is 2.10. The molecule has 0 fully saturated rings. The molecule has 0 aliphatic carbocycles. The standard InChI is InChI=1S/C15H18ClFN2S2/c1-19(5-6-20-2)9-12-4-3-11(7-14(12)17)15-18-13(8-16)10-21-15/h3-4,7,10H,5-6,8-9H2,1-2H3. The molecule has 2 aromatic rings. The van der Waals surface area contributed by atoms with E-state index < -0.39 is 0 Å². The summed E-state index contributed by atoms with van der Waals surface area (Å²) in [5, 5.41) is 2.72. The van der Waals surface area contributed by atoms with Crippen LogP contribution in [0.4, 0.5) is 4.39 Å². The Kier molecular flexibility index (Phi) is 6.48. The molecule has 1 heterocycles. The van der Waals surface area contributed by atoms with Gasteiger partial charge in [-0.2, -0.15) is 11.8 Å². The number of aromatic nitrogens is 1. The van der Waals surface area contributed by atoms with Crippen molar-refractivity contribution in [2.24, 2.45) is 0 Å². The highest BCUT2D eigenvalue weighted by molar-refractivity contribution is 7.98. The summed E-state index contributed by atoms with van der Waals surface area (Å²) in [7, 11) is 2.01. The Labute approximate surface area is 138 Å². The number of hydrogen-bond donors (Lipinski definition) is 0. The zero-order chi connectivity index (χ0) is 15.2. The van der Waals surface area contributed by atoms with Crippen molar-refractivity contribution >= 4 is 34.7 Å². The molecule has 0 unspecified atom stereocenters. The van der Waals surface area contributed by atoms with E-state index in [9.17, 15) is 4.39 Å². The summed E-state index contributed by atoms with van der Waals surface area (Å²) in [5.74, 6) is 1.26. The van der Waals surface area contributed by atoms with Crippen LogP contribution in [0.2, 0.25) is 0 Å². The normalized spacial score (nSPS) is 11.3. The minimum atomic E-state index is -0.175. The van der Waals surface area contributed by atoms with Gasteiger partial charge in [-0.1, -0.05) is 12.1 Å². The first-order valence-corrected chi connectivity index (χ1v) is 9.41. The first-order chi connectivity index (χ1) is 10.1. The summed E-state index contributed by atoms with van der Waals surface area (Å²) in [4.78, 5) is 6.51. The number of thioether (sulfide) groups is 1. The molecule has 2 nitrogen and oxygen atoms in total. The number of nitrogens with zero attached hydrogens (tertiary/aromatic N) is 2. The first kappa shape index (κ1) is 16.7. The summed E-state index contributed by atoms with van der Waals surface area (Å²) < 4.78 is 14.2. The minimum absolute atomic E-state index is 0.175. The highest BCUT2D eigenvalue weighted by atomic mass is 35.5. The fourth-order valence-electron chi connectivity index (χ4n) is 1.93. The Bertz CT molecular complexity index is 589. The third-order valence-electron chi connectivity index (χ3n) is 3.11. The summed E-state index contributed by atoms with van der Waals surface area (Å²) in [6, 6.07) is 5.34. The fourth-order valence-corrected chi connectivity index (χ4v) is 3.47. The van der Waals surface area contributed by atoms with Crippen molar-refractivity contribution < 1.29 is 4.39 Å². The summed E-state index contributed by atoms with van der Waals surface area (Å²) in [6.07, 6.45) is 2.08. The van der Waals surface area contributed by atoms with Crippen LogP contribution in [0.1, 0.15) is 11.3 Å². The number of benzene rings is 1. The molecule has 114 valence electrons. The number of halogens is 2. The van der Waals surface area contributed by atoms with Gasteiger partial charge < -0.3 is 4.90 Å². The molecular weight excluding hydrogens is 327 g/mol. The SMILES string of the molecule is CSCCN(C)Cc1ccc(-c2nc(CCl)cs2)cc1F. The van der Waals surface area contributed by atoms with Gasteiger partial charge in [-0.3, -0.25) is 0 Å². The number of thiazole rings is 1. The molecule has 0 saturated carbocycles. The molecule has 0 bridgehead atoms. The Morgan fingerprint density at radius 3 is 2.86 bits per heavy atom. The summed E-state index contributed by atoms with van der Waals surface area (Å²) >= 11 is 9.03. The van der Waals surface area contributed by atoms with Crippen LogP contribution >= 0.6 is 34.7 Å². The molecule has 0 atom stereocenters. The van der Waals surface area contributed by atoms with Gasteiger partial charge in [0, 0.05) is 35.3 Å². The van der Waals surface area contributed by atoms with E-state index in [1.165, 1.54) is 11.3 Å². The van der Waals surface area contributed by atoms with Crippen LogP contribution in [0.3, 0.4) is 0 Å². The summed E-state index contributed by atoms with van der Waals surface area (Å²) in [6.45, 7) is 1.57. The maximum Gasteiger partial charge on any atom is 0.128 e. The molecule has 0 amide bonds. The predicted octanol–water partition coefficient (Wildman–Crippen LogP) is 4.48. The van der Waals surface area contributed by atoms with E-state index in [2.05, 4.69) is 16.1 Å². The third kappa shape index (κ3) is 4.68. The van der Waals surface area contributed by atoms with Gasteiger partial charge in [0.25, 0.3) is 0 Å². The topological polar surface area (TPSA) is 16.1 Å². The molecule has 21 heavy (non-hydrogen) atoms. The second-order valence-corrected chi connectivity index (χ2v) is 6.93. The second kappa shape index (κ2) is 8.13. The molecule has 1 aromatic carbocycles. The van der Waals surface area contributed by atoms with Crippen molar-refractivity contribution in [2.75, 3.05) is 25.6 Å². The minimum Gasteiger partial charge on any atom is -0.301 e. The molecule has 0 spiro atoms. The van der Waals surface area contributed by atoms with E-state index in [4.69, 9.17) is 11.6 Å². The second-order valence-electron chi connectivity index (χ2n) is 4.81. The van der Waals surface area contributed by atoms with Crippen molar-refractivity contribution in [3.8, 4) is 10.6 Å². The Morgan fingerprint density at radius 1 is 1.43 bits per heavy atom. The Morgan fingerprint density at radius 2 is 2.24 bits per heavy atom. The van der Waals surface area contributed by atoms with Gasteiger partial charge in [0.05, 0.1) is 11.6 Å². The largest absolute Gasteiger partial charge is 0.301 e. The lowest BCUT2D eigenvalue weighted by molar-refractivity contribution is 0.342. The van der Waals surface area contributed by atoms with Crippen LogP contribution in [0.25, 0.3) is 10.6 Å². The van der Waals surface area contributed by atoms with Crippen LogP contribution in [0, 0.1) is 5.82 Å². The maximum absolute atomic E-state index is 14.2. The molecular formula is C15H18ClFN2S2. The zero-order valence-corrected chi connectivity index (χ0v) is 14.5.